The summed E-state index contributed by atoms with van der Waals surface area (Å²) in [6.07, 6.45) is 10.4. The molecule has 0 spiro atoms. The van der Waals surface area contributed by atoms with E-state index >= 15 is 0 Å². The van der Waals surface area contributed by atoms with Crippen molar-refractivity contribution in [1.82, 2.24) is 4.72 Å². The summed E-state index contributed by atoms with van der Waals surface area (Å²) in [5.41, 5.74) is 2.10. The van der Waals surface area contributed by atoms with Crippen LogP contribution in [-0.4, -0.2) is 49.5 Å². The minimum absolute atomic E-state index is 0.157. The van der Waals surface area contributed by atoms with E-state index in [-0.39, 0.29) is 19.0 Å². The smallest absolute Gasteiger partial charge is 0.347 e. The lowest BCUT2D eigenvalue weighted by atomic mass is 10.1. The maximum Gasteiger partial charge on any atom is 0.347 e. The van der Waals surface area contributed by atoms with E-state index in [1.165, 1.54) is 32.1 Å². The molecule has 0 aromatic heterocycles. The average Bonchev–Trinajstić information content (AvgIpc) is 2.94. The van der Waals surface area contributed by atoms with Gasteiger partial charge in [0.2, 0.25) is 10.0 Å². The van der Waals surface area contributed by atoms with Gasteiger partial charge in [0.25, 0.3) is 0 Å². The summed E-state index contributed by atoms with van der Waals surface area (Å²) in [5.74, 6) is -1.25. The van der Waals surface area contributed by atoms with Gasteiger partial charge in [-0.05, 0) is 30.4 Å². The molecule has 2 aromatic rings. The highest BCUT2D eigenvalue weighted by Crippen LogP contribution is 2.12. The van der Waals surface area contributed by atoms with Crippen molar-refractivity contribution in [2.24, 2.45) is 0 Å². The van der Waals surface area contributed by atoms with Gasteiger partial charge in [0, 0.05) is 6.04 Å². The number of hydrogen-bond acceptors (Lipinski definition) is 7. The Morgan fingerprint density at radius 1 is 0.846 bits per heavy atom. The summed E-state index contributed by atoms with van der Waals surface area (Å²) in [5, 5.41) is 18.3. The molecular formula is C29H46NO7PS. The number of unbranched alkanes of at least 4 members (excludes halogenated alkanes) is 7. The van der Waals surface area contributed by atoms with E-state index in [1.54, 1.807) is 0 Å². The summed E-state index contributed by atoms with van der Waals surface area (Å²) >= 11 is 0. The Morgan fingerprint density at radius 3 is 1.92 bits per heavy atom. The van der Waals surface area contributed by atoms with Crippen LogP contribution in [0.4, 0.5) is 0 Å². The maximum absolute atomic E-state index is 12.2. The molecule has 220 valence electrons. The van der Waals surface area contributed by atoms with Gasteiger partial charge in [-0.25, -0.2) is 22.3 Å². The second-order valence-electron chi connectivity index (χ2n) is 9.58. The van der Waals surface area contributed by atoms with Gasteiger partial charge in [0.05, 0.1) is 25.6 Å². The van der Waals surface area contributed by atoms with Crippen LogP contribution >= 0.6 is 7.68 Å². The quantitative estimate of drug-likeness (QED) is 0.134. The van der Waals surface area contributed by atoms with Crippen LogP contribution in [0.2, 0.25) is 0 Å². The standard InChI is InChI=1S/C20H35NO3S.C9H11O4P/c1-2-3-4-5-6-7-8-12-17-25(23,24)21-20(18-22)16-15-19-13-10-9-11-14-19;10-9(14(11)12)7-13-6-8-4-2-1-3-5-8/h9-11,13-14,20-22H,2-8,12,15-18H2,1H3;1-5,9-10H,6-7H2. The molecule has 39 heavy (non-hydrogen) atoms. The normalized spacial score (nSPS) is 12.8. The molecule has 2 aromatic carbocycles. The molecule has 2 atom stereocenters. The summed E-state index contributed by atoms with van der Waals surface area (Å²) in [6, 6.07) is 18.9. The van der Waals surface area contributed by atoms with Gasteiger partial charge >= 0.3 is 7.68 Å². The van der Waals surface area contributed by atoms with E-state index in [0.717, 1.165) is 30.4 Å². The molecule has 0 aliphatic carbocycles. The Bertz CT molecular complexity index is 1030. The predicted octanol–water partition coefficient (Wildman–Crippen LogP) is 5.73. The van der Waals surface area contributed by atoms with Crippen molar-refractivity contribution in [3.05, 3.63) is 71.8 Å². The molecule has 0 aliphatic rings. The van der Waals surface area contributed by atoms with Gasteiger partial charge in [0.1, 0.15) is 0 Å². The zero-order valence-corrected chi connectivity index (χ0v) is 24.8. The lowest BCUT2D eigenvalue weighted by Crippen LogP contribution is -2.39. The first-order chi connectivity index (χ1) is 18.8. The number of aryl methyl sites for hydroxylation is 1. The van der Waals surface area contributed by atoms with Crippen LogP contribution in [0.25, 0.3) is 0 Å². The second-order valence-corrected chi connectivity index (χ2v) is 12.6. The van der Waals surface area contributed by atoms with E-state index in [9.17, 15) is 22.7 Å². The van der Waals surface area contributed by atoms with Gasteiger partial charge in [-0.2, -0.15) is 0 Å². The molecular weight excluding hydrogens is 537 g/mol. The first kappa shape index (κ1) is 35.2. The summed E-state index contributed by atoms with van der Waals surface area (Å²) < 4.78 is 52.5. The third kappa shape index (κ3) is 18.9. The molecule has 0 bridgehead atoms. The van der Waals surface area contributed by atoms with Gasteiger partial charge in [-0.3, -0.25) is 0 Å². The van der Waals surface area contributed by atoms with E-state index in [4.69, 9.17) is 9.84 Å². The molecule has 0 saturated carbocycles. The van der Waals surface area contributed by atoms with Crippen LogP contribution in [0.5, 0.6) is 0 Å². The molecule has 0 fully saturated rings. The molecule has 10 heteroatoms. The van der Waals surface area contributed by atoms with Gasteiger partial charge < -0.3 is 14.9 Å². The zero-order valence-electron chi connectivity index (χ0n) is 23.1. The van der Waals surface area contributed by atoms with Crippen LogP contribution in [0, 0.1) is 0 Å². The number of aliphatic hydroxyl groups excluding tert-OH is 2. The molecule has 3 N–H and O–H groups in total. The number of rotatable bonds is 20. The highest BCUT2D eigenvalue weighted by Gasteiger charge is 2.17. The van der Waals surface area contributed by atoms with Crippen molar-refractivity contribution < 1.29 is 32.5 Å². The van der Waals surface area contributed by atoms with E-state index in [0.29, 0.717) is 19.4 Å². The minimum Gasteiger partial charge on any atom is -0.395 e. The summed E-state index contributed by atoms with van der Waals surface area (Å²) in [7, 11) is -6.12. The number of nitrogens with one attached hydrogen (secondary N) is 1. The van der Waals surface area contributed by atoms with Crippen molar-refractivity contribution in [3.63, 3.8) is 0 Å². The lowest BCUT2D eigenvalue weighted by molar-refractivity contribution is 0.0626. The Labute approximate surface area is 235 Å². The van der Waals surface area contributed by atoms with E-state index in [1.807, 2.05) is 60.7 Å². The molecule has 2 unspecified atom stereocenters. The molecule has 0 radical (unpaired) electrons. The fourth-order valence-corrected chi connectivity index (χ4v) is 5.46. The molecule has 0 saturated heterocycles. The minimum atomic E-state index is -3.31. The highest BCUT2D eigenvalue weighted by molar-refractivity contribution is 7.89. The van der Waals surface area contributed by atoms with Gasteiger partial charge in [-0.1, -0.05) is 113 Å². The third-order valence-corrected chi connectivity index (χ3v) is 8.23. The van der Waals surface area contributed by atoms with Crippen LogP contribution in [0.3, 0.4) is 0 Å². The summed E-state index contributed by atoms with van der Waals surface area (Å²) in [4.78, 5) is 0. The van der Waals surface area contributed by atoms with Crippen molar-refractivity contribution in [3.8, 4) is 0 Å². The monoisotopic (exact) mass is 583 g/mol. The van der Waals surface area contributed by atoms with Gasteiger partial charge in [0.15, 0.2) is 5.85 Å². The lowest BCUT2D eigenvalue weighted by Gasteiger charge is -2.16. The van der Waals surface area contributed by atoms with Crippen LogP contribution < -0.4 is 4.72 Å². The second kappa shape index (κ2) is 21.9. The van der Waals surface area contributed by atoms with Crippen LogP contribution in [0.1, 0.15) is 75.8 Å². The SMILES string of the molecule is CCCCCCCCCCS(=O)(=O)NC(CO)CCc1ccccc1.O=P(=O)C(O)COCc1ccccc1. The third-order valence-electron chi connectivity index (χ3n) is 6.08. The topological polar surface area (TPSA) is 130 Å². The zero-order chi connectivity index (χ0) is 28.8. The van der Waals surface area contributed by atoms with Crippen molar-refractivity contribution in [1.29, 1.82) is 0 Å². The number of hydrogen-bond donors (Lipinski definition) is 3. The Kier molecular flexibility index (Phi) is 19.7. The highest BCUT2D eigenvalue weighted by atomic mass is 32.2. The fraction of sp³-hybridized carbons (Fsp3) is 0.586. The van der Waals surface area contributed by atoms with Crippen molar-refractivity contribution in [2.45, 2.75) is 89.6 Å². The maximum atomic E-state index is 12.2. The molecule has 8 nitrogen and oxygen atoms in total. The van der Waals surface area contributed by atoms with Crippen LogP contribution in [-0.2, 0) is 36.9 Å². The Balaban J connectivity index is 0.000000457. The molecule has 0 heterocycles. The Morgan fingerprint density at radius 2 is 1.38 bits per heavy atom. The number of benzene rings is 2. The fourth-order valence-electron chi connectivity index (χ4n) is 3.83. The number of ether oxygens (including phenoxy) is 1. The number of aliphatic hydroxyl groups is 2. The molecule has 2 rings (SSSR count). The predicted molar refractivity (Wildman–Crippen MR) is 156 cm³/mol. The van der Waals surface area contributed by atoms with E-state index in [2.05, 4.69) is 11.6 Å². The van der Waals surface area contributed by atoms with Crippen molar-refractivity contribution in [2.75, 3.05) is 19.0 Å². The first-order valence-electron chi connectivity index (χ1n) is 13.9. The summed E-state index contributed by atoms with van der Waals surface area (Å²) in [6.45, 7) is 2.16. The van der Waals surface area contributed by atoms with Crippen molar-refractivity contribution >= 4 is 17.7 Å². The van der Waals surface area contributed by atoms with Gasteiger partial charge in [-0.15, -0.1) is 0 Å². The number of sulfonamides is 1. The first-order valence-corrected chi connectivity index (χ1v) is 16.7. The largest absolute Gasteiger partial charge is 0.395 e. The average molecular weight is 584 g/mol. The Hall–Kier alpha value is -1.87. The molecule has 0 amide bonds. The van der Waals surface area contributed by atoms with Crippen LogP contribution in [0.15, 0.2) is 60.7 Å². The van der Waals surface area contributed by atoms with E-state index < -0.39 is 29.6 Å². The molecule has 0 aliphatic heterocycles.